The number of benzene rings is 2. The third-order valence-electron chi connectivity index (χ3n) is 6.55. The fourth-order valence-corrected chi connectivity index (χ4v) is 4.12. The lowest BCUT2D eigenvalue weighted by Crippen LogP contribution is -2.20. The summed E-state index contributed by atoms with van der Waals surface area (Å²) in [5.74, 6) is 1.37. The minimum atomic E-state index is -0.0698. The highest BCUT2D eigenvalue weighted by Gasteiger charge is 2.29. The van der Waals surface area contributed by atoms with E-state index in [2.05, 4.69) is 93.5 Å². The maximum Gasteiger partial charge on any atom is 0.126 e. The van der Waals surface area contributed by atoms with Crippen molar-refractivity contribution in [1.82, 2.24) is 0 Å². The molecule has 1 atom stereocenters. The Morgan fingerprint density at radius 3 is 1.82 bits per heavy atom. The predicted octanol–water partition coefficient (Wildman–Crippen LogP) is 7.22. The molecule has 3 nitrogen and oxygen atoms in total. The minimum Gasteiger partial charge on any atom is -0.507 e. The van der Waals surface area contributed by atoms with E-state index in [1.807, 2.05) is 0 Å². The summed E-state index contributed by atoms with van der Waals surface area (Å²) >= 11 is 0. The Kier molecular flexibility index (Phi) is 6.97. The van der Waals surface area contributed by atoms with Gasteiger partial charge in [-0.05, 0) is 50.5 Å². The van der Waals surface area contributed by atoms with Crippen LogP contribution >= 0.6 is 0 Å². The van der Waals surface area contributed by atoms with E-state index in [9.17, 15) is 5.11 Å². The predicted molar refractivity (Wildman–Crippen MR) is 138 cm³/mol. The molecular formula is C30H44O3. The molecule has 1 unspecified atom stereocenters. The van der Waals surface area contributed by atoms with Crippen LogP contribution in [0, 0.1) is 0 Å². The lowest BCUT2D eigenvalue weighted by molar-refractivity contribution is 0.256. The van der Waals surface area contributed by atoms with Gasteiger partial charge in [0.05, 0.1) is 6.61 Å². The molecule has 3 heteroatoms. The molecule has 2 aromatic rings. The van der Waals surface area contributed by atoms with Crippen LogP contribution in [-0.2, 0) is 33.8 Å². The van der Waals surface area contributed by atoms with Gasteiger partial charge in [0.15, 0.2) is 0 Å². The molecule has 1 heterocycles. The van der Waals surface area contributed by atoms with Gasteiger partial charge in [-0.1, -0.05) is 93.5 Å². The third kappa shape index (κ3) is 6.12. The first-order valence-corrected chi connectivity index (χ1v) is 12.4. The molecular weight excluding hydrogens is 408 g/mol. The van der Waals surface area contributed by atoms with Crippen LogP contribution < -0.4 is 4.74 Å². The van der Waals surface area contributed by atoms with Crippen molar-refractivity contribution in [2.24, 2.45) is 0 Å². The summed E-state index contributed by atoms with van der Waals surface area (Å²) in [4.78, 5) is 0. The van der Waals surface area contributed by atoms with Gasteiger partial charge < -0.3 is 14.6 Å². The number of rotatable bonds is 6. The zero-order valence-corrected chi connectivity index (χ0v) is 22.5. The SMILES string of the molecule is CCc1cc(C(C)(C)C)cc(Cc2cc(C(C)(C)C)cc(C(C)(C)C)c2OCC2CO2)c1O. The molecule has 2 aromatic carbocycles. The van der Waals surface area contributed by atoms with Gasteiger partial charge in [-0.25, -0.2) is 0 Å². The molecule has 1 aliphatic rings. The summed E-state index contributed by atoms with van der Waals surface area (Å²) in [6.45, 7) is 23.6. The van der Waals surface area contributed by atoms with E-state index in [-0.39, 0.29) is 22.3 Å². The molecule has 1 N–H and O–H groups in total. The van der Waals surface area contributed by atoms with Crippen LogP contribution in [0.4, 0.5) is 0 Å². The average Bonchev–Trinajstić information content (AvgIpc) is 3.50. The topological polar surface area (TPSA) is 42.0 Å². The number of phenolic OH excluding ortho intramolecular Hbond substituents is 1. The number of aryl methyl sites for hydroxylation is 1. The first kappa shape index (κ1) is 25.6. The molecule has 0 radical (unpaired) electrons. The van der Waals surface area contributed by atoms with Gasteiger partial charge in [0, 0.05) is 12.0 Å². The fourth-order valence-electron chi connectivity index (χ4n) is 4.12. The van der Waals surface area contributed by atoms with E-state index in [4.69, 9.17) is 9.47 Å². The molecule has 0 bridgehead atoms. The van der Waals surface area contributed by atoms with Crippen LogP contribution in [0.1, 0.15) is 103 Å². The standard InChI is InChI=1S/C30H44O3/c1-11-19-13-22(28(2,3)4)14-20(26(19)31)12-21-15-23(29(5,6)7)16-25(30(8,9)10)27(21)33-18-24-17-32-24/h13-16,24,31H,11-12,17-18H2,1-10H3. The number of phenols is 1. The second-order valence-corrected chi connectivity index (χ2v) is 12.7. The summed E-state index contributed by atoms with van der Waals surface area (Å²) in [5, 5.41) is 11.2. The second kappa shape index (κ2) is 8.98. The Morgan fingerprint density at radius 1 is 0.818 bits per heavy atom. The minimum absolute atomic E-state index is 0.0107. The van der Waals surface area contributed by atoms with E-state index in [1.165, 1.54) is 16.7 Å². The Balaban J connectivity index is 2.20. The second-order valence-electron chi connectivity index (χ2n) is 12.7. The molecule has 33 heavy (non-hydrogen) atoms. The zero-order valence-electron chi connectivity index (χ0n) is 22.5. The van der Waals surface area contributed by atoms with Crippen molar-refractivity contribution in [2.45, 2.75) is 104 Å². The number of aromatic hydroxyl groups is 1. The Bertz CT molecular complexity index is 993. The molecule has 0 saturated carbocycles. The first-order valence-electron chi connectivity index (χ1n) is 12.4. The van der Waals surface area contributed by atoms with E-state index in [1.54, 1.807) is 0 Å². The van der Waals surface area contributed by atoms with E-state index >= 15 is 0 Å². The number of epoxide rings is 1. The van der Waals surface area contributed by atoms with Crippen LogP contribution in [-0.4, -0.2) is 24.4 Å². The van der Waals surface area contributed by atoms with Crippen LogP contribution in [0.25, 0.3) is 0 Å². The van der Waals surface area contributed by atoms with Crippen molar-refractivity contribution in [1.29, 1.82) is 0 Å². The summed E-state index contributed by atoms with van der Waals surface area (Å²) < 4.78 is 11.9. The molecule has 0 spiro atoms. The highest BCUT2D eigenvalue weighted by molar-refractivity contribution is 5.54. The van der Waals surface area contributed by atoms with Crippen LogP contribution in [0.2, 0.25) is 0 Å². The van der Waals surface area contributed by atoms with E-state index in [0.29, 0.717) is 18.8 Å². The smallest absolute Gasteiger partial charge is 0.126 e. The van der Waals surface area contributed by atoms with Crippen molar-refractivity contribution in [3.8, 4) is 11.5 Å². The summed E-state index contributed by atoms with van der Waals surface area (Å²) in [5.41, 5.74) is 6.83. The Hall–Kier alpha value is -2.00. The summed E-state index contributed by atoms with van der Waals surface area (Å²) in [6.07, 6.45) is 1.63. The van der Waals surface area contributed by atoms with Gasteiger partial charge in [0.1, 0.15) is 24.2 Å². The molecule has 0 amide bonds. The molecule has 0 aliphatic carbocycles. The zero-order chi connectivity index (χ0) is 24.8. The summed E-state index contributed by atoms with van der Waals surface area (Å²) in [7, 11) is 0. The largest absolute Gasteiger partial charge is 0.507 e. The number of ether oxygens (including phenoxy) is 2. The molecule has 182 valence electrons. The lowest BCUT2D eigenvalue weighted by Gasteiger charge is -2.30. The van der Waals surface area contributed by atoms with Gasteiger partial charge in [0.2, 0.25) is 0 Å². The Morgan fingerprint density at radius 2 is 1.33 bits per heavy atom. The van der Waals surface area contributed by atoms with Crippen molar-refractivity contribution >= 4 is 0 Å². The first-order chi connectivity index (χ1) is 15.1. The van der Waals surface area contributed by atoms with Crippen molar-refractivity contribution in [3.05, 3.63) is 57.6 Å². The normalized spacial score (nSPS) is 16.7. The maximum absolute atomic E-state index is 11.2. The average molecular weight is 453 g/mol. The number of hydrogen-bond donors (Lipinski definition) is 1. The maximum atomic E-state index is 11.2. The lowest BCUT2D eigenvalue weighted by atomic mass is 9.78. The van der Waals surface area contributed by atoms with E-state index in [0.717, 1.165) is 35.5 Å². The van der Waals surface area contributed by atoms with Crippen LogP contribution in [0.5, 0.6) is 11.5 Å². The number of hydrogen-bond acceptors (Lipinski definition) is 3. The molecule has 0 aromatic heterocycles. The fraction of sp³-hybridized carbons (Fsp3) is 0.600. The highest BCUT2D eigenvalue weighted by Crippen LogP contribution is 2.41. The molecule has 1 fully saturated rings. The molecule has 1 saturated heterocycles. The third-order valence-corrected chi connectivity index (χ3v) is 6.55. The molecule has 1 aliphatic heterocycles. The van der Waals surface area contributed by atoms with Crippen molar-refractivity contribution < 1.29 is 14.6 Å². The van der Waals surface area contributed by atoms with Gasteiger partial charge >= 0.3 is 0 Å². The van der Waals surface area contributed by atoms with Crippen molar-refractivity contribution in [2.75, 3.05) is 13.2 Å². The van der Waals surface area contributed by atoms with Gasteiger partial charge in [-0.3, -0.25) is 0 Å². The van der Waals surface area contributed by atoms with Gasteiger partial charge in [-0.15, -0.1) is 0 Å². The van der Waals surface area contributed by atoms with Gasteiger partial charge in [0.25, 0.3) is 0 Å². The van der Waals surface area contributed by atoms with Gasteiger partial charge in [-0.2, -0.15) is 0 Å². The highest BCUT2D eigenvalue weighted by atomic mass is 16.6. The van der Waals surface area contributed by atoms with Crippen LogP contribution in [0.3, 0.4) is 0 Å². The van der Waals surface area contributed by atoms with E-state index < -0.39 is 0 Å². The van der Waals surface area contributed by atoms with Crippen LogP contribution in [0.15, 0.2) is 24.3 Å². The monoisotopic (exact) mass is 452 g/mol. The molecule has 3 rings (SSSR count). The Labute approximate surface area is 201 Å². The van der Waals surface area contributed by atoms with Crippen molar-refractivity contribution in [3.63, 3.8) is 0 Å². The quantitative estimate of drug-likeness (QED) is 0.471. The summed E-state index contributed by atoms with van der Waals surface area (Å²) in [6, 6.07) is 8.94.